The van der Waals surface area contributed by atoms with E-state index in [1.807, 2.05) is 16.7 Å². The number of nitrogens with two attached hydrogens (primary N) is 1. The van der Waals surface area contributed by atoms with E-state index >= 15 is 0 Å². The molecule has 160 valence electrons. The van der Waals surface area contributed by atoms with E-state index in [4.69, 9.17) is 5.73 Å². The molecule has 0 fully saturated rings. The molecule has 4 N–H and O–H groups in total. The number of anilines is 2. The summed E-state index contributed by atoms with van der Waals surface area (Å²) in [6.07, 6.45) is 1.70. The molecule has 0 aliphatic heterocycles. The van der Waals surface area contributed by atoms with Crippen LogP contribution in [-0.2, 0) is 6.42 Å². The van der Waals surface area contributed by atoms with Gasteiger partial charge in [0.2, 0.25) is 0 Å². The maximum Gasteiger partial charge on any atom is 0.251 e. The Kier molecular flexibility index (Phi) is 5.63. The van der Waals surface area contributed by atoms with Crippen molar-refractivity contribution in [2.45, 2.75) is 6.42 Å². The number of amides is 1. The van der Waals surface area contributed by atoms with Crippen LogP contribution in [0.1, 0.15) is 21.7 Å². The SMILES string of the molecule is CNC(=O)c1cccc(-n2c(CCNc3ncnc(N)c3C#N)nc3ccc(F)cc32)c1. The van der Waals surface area contributed by atoms with Gasteiger partial charge in [-0.2, -0.15) is 5.26 Å². The number of nitrogens with zero attached hydrogens (tertiary/aromatic N) is 5. The molecule has 0 bridgehead atoms. The number of nitrogen functional groups attached to an aromatic ring is 1. The van der Waals surface area contributed by atoms with Crippen molar-refractivity contribution in [2.75, 3.05) is 24.6 Å². The predicted molar refractivity (Wildman–Crippen MR) is 118 cm³/mol. The van der Waals surface area contributed by atoms with Crippen molar-refractivity contribution >= 4 is 28.6 Å². The van der Waals surface area contributed by atoms with Gasteiger partial charge in [0.15, 0.2) is 0 Å². The zero-order valence-electron chi connectivity index (χ0n) is 17.1. The van der Waals surface area contributed by atoms with Gasteiger partial charge in [-0.15, -0.1) is 0 Å². The zero-order valence-corrected chi connectivity index (χ0v) is 17.1. The fourth-order valence-corrected chi connectivity index (χ4v) is 3.42. The van der Waals surface area contributed by atoms with Gasteiger partial charge < -0.3 is 16.4 Å². The first kappa shape index (κ1) is 20.7. The molecule has 0 spiro atoms. The standard InChI is InChI=1S/C22H19FN8O/c1-26-22(32)13-3-2-4-15(9-13)31-18-10-14(23)5-6-17(18)30-19(31)7-8-27-21-16(11-24)20(25)28-12-29-21/h2-6,9-10,12H,7-8H2,1H3,(H,26,32)(H3,25,27,28,29). The van der Waals surface area contributed by atoms with E-state index in [2.05, 4.69) is 25.6 Å². The smallest absolute Gasteiger partial charge is 0.251 e. The van der Waals surface area contributed by atoms with Crippen molar-refractivity contribution in [3.63, 3.8) is 0 Å². The van der Waals surface area contributed by atoms with Crippen LogP contribution < -0.4 is 16.4 Å². The third kappa shape index (κ3) is 3.91. The third-order valence-corrected chi connectivity index (χ3v) is 4.91. The predicted octanol–water partition coefficient (Wildman–Crippen LogP) is 2.42. The highest BCUT2D eigenvalue weighted by molar-refractivity contribution is 5.94. The van der Waals surface area contributed by atoms with Crippen molar-refractivity contribution in [3.8, 4) is 11.8 Å². The number of hydrogen-bond acceptors (Lipinski definition) is 7. The number of carbonyl (C=O) groups excluding carboxylic acids is 1. The largest absolute Gasteiger partial charge is 0.382 e. The quantitative estimate of drug-likeness (QED) is 0.428. The Hall–Kier alpha value is -4.52. The lowest BCUT2D eigenvalue weighted by molar-refractivity contribution is 0.0963. The van der Waals surface area contributed by atoms with E-state index in [0.717, 1.165) is 0 Å². The van der Waals surface area contributed by atoms with E-state index < -0.39 is 0 Å². The molecule has 2 aromatic heterocycles. The number of aromatic nitrogens is 4. The maximum absolute atomic E-state index is 14.0. The van der Waals surface area contributed by atoms with Crippen LogP contribution in [-0.4, -0.2) is 39.0 Å². The molecule has 0 saturated carbocycles. The first-order valence-corrected chi connectivity index (χ1v) is 9.75. The molecule has 0 saturated heterocycles. The second-order valence-corrected chi connectivity index (χ2v) is 6.90. The van der Waals surface area contributed by atoms with Gasteiger partial charge >= 0.3 is 0 Å². The molecule has 2 aromatic carbocycles. The van der Waals surface area contributed by atoms with Crippen LogP contribution in [0.5, 0.6) is 0 Å². The van der Waals surface area contributed by atoms with Crippen LogP contribution in [0, 0.1) is 17.1 Å². The summed E-state index contributed by atoms with van der Waals surface area (Å²) in [4.78, 5) is 24.6. The summed E-state index contributed by atoms with van der Waals surface area (Å²) in [6, 6.07) is 13.4. The Labute approximate surface area is 182 Å². The lowest BCUT2D eigenvalue weighted by atomic mass is 10.1. The van der Waals surface area contributed by atoms with Crippen LogP contribution >= 0.6 is 0 Å². The van der Waals surface area contributed by atoms with Gasteiger partial charge in [0, 0.05) is 37.3 Å². The average Bonchev–Trinajstić information content (AvgIpc) is 3.16. The number of carbonyl (C=O) groups is 1. The molecule has 9 nitrogen and oxygen atoms in total. The second kappa shape index (κ2) is 8.69. The molecular formula is C22H19FN8O. The van der Waals surface area contributed by atoms with Crippen molar-refractivity contribution in [3.05, 3.63) is 71.6 Å². The molecule has 32 heavy (non-hydrogen) atoms. The first-order valence-electron chi connectivity index (χ1n) is 9.75. The Bertz CT molecular complexity index is 1360. The van der Waals surface area contributed by atoms with Gasteiger partial charge in [0.25, 0.3) is 5.91 Å². The number of hydrogen-bond donors (Lipinski definition) is 3. The summed E-state index contributed by atoms with van der Waals surface area (Å²) < 4.78 is 15.8. The summed E-state index contributed by atoms with van der Waals surface area (Å²) in [5, 5.41) is 15.0. The molecular weight excluding hydrogens is 411 g/mol. The maximum atomic E-state index is 14.0. The van der Waals surface area contributed by atoms with Gasteiger partial charge in [-0.3, -0.25) is 9.36 Å². The molecule has 4 aromatic rings. The second-order valence-electron chi connectivity index (χ2n) is 6.90. The molecule has 0 radical (unpaired) electrons. The number of benzene rings is 2. The highest BCUT2D eigenvalue weighted by Gasteiger charge is 2.15. The van der Waals surface area contributed by atoms with E-state index in [1.165, 1.54) is 18.5 Å². The summed E-state index contributed by atoms with van der Waals surface area (Å²) in [5.74, 6) is 0.457. The van der Waals surface area contributed by atoms with Crippen LogP contribution in [0.3, 0.4) is 0 Å². The fraction of sp³-hybridized carbons (Fsp3) is 0.136. The number of rotatable bonds is 6. The van der Waals surface area contributed by atoms with E-state index in [0.29, 0.717) is 46.9 Å². The van der Waals surface area contributed by atoms with Crippen LogP contribution in [0.25, 0.3) is 16.7 Å². The Morgan fingerprint density at radius 3 is 2.88 bits per heavy atom. The minimum absolute atomic E-state index is 0.0960. The molecule has 2 heterocycles. The van der Waals surface area contributed by atoms with E-state index in [1.54, 1.807) is 31.3 Å². The Balaban J connectivity index is 1.71. The number of nitrogens with one attached hydrogen (secondary N) is 2. The molecule has 1 amide bonds. The summed E-state index contributed by atoms with van der Waals surface area (Å²) in [6.45, 7) is 0.381. The lowest BCUT2D eigenvalue weighted by Gasteiger charge is -2.12. The van der Waals surface area contributed by atoms with E-state index in [-0.39, 0.29) is 23.1 Å². The Morgan fingerprint density at radius 2 is 2.09 bits per heavy atom. The molecule has 0 aliphatic rings. The van der Waals surface area contributed by atoms with Gasteiger partial charge in [0.1, 0.15) is 41.2 Å². The van der Waals surface area contributed by atoms with Gasteiger partial charge in [-0.05, 0) is 30.3 Å². The molecule has 0 atom stereocenters. The van der Waals surface area contributed by atoms with Crippen molar-refractivity contribution < 1.29 is 9.18 Å². The van der Waals surface area contributed by atoms with Gasteiger partial charge in [-0.25, -0.2) is 19.3 Å². The van der Waals surface area contributed by atoms with Crippen LogP contribution in [0.2, 0.25) is 0 Å². The highest BCUT2D eigenvalue weighted by Crippen LogP contribution is 2.24. The number of halogens is 1. The fourth-order valence-electron chi connectivity index (χ4n) is 3.42. The average molecular weight is 430 g/mol. The van der Waals surface area contributed by atoms with Gasteiger partial charge in [0.05, 0.1) is 11.0 Å². The normalized spacial score (nSPS) is 10.7. The van der Waals surface area contributed by atoms with Gasteiger partial charge in [-0.1, -0.05) is 6.07 Å². The zero-order chi connectivity index (χ0) is 22.7. The molecule has 0 unspecified atom stereocenters. The third-order valence-electron chi connectivity index (χ3n) is 4.91. The minimum Gasteiger partial charge on any atom is -0.382 e. The van der Waals surface area contributed by atoms with Crippen LogP contribution in [0.4, 0.5) is 16.0 Å². The highest BCUT2D eigenvalue weighted by atomic mass is 19.1. The molecule has 4 rings (SSSR count). The van der Waals surface area contributed by atoms with Crippen molar-refractivity contribution in [2.24, 2.45) is 0 Å². The summed E-state index contributed by atoms with van der Waals surface area (Å²) >= 11 is 0. The van der Waals surface area contributed by atoms with Crippen molar-refractivity contribution in [1.29, 1.82) is 5.26 Å². The topological polar surface area (TPSA) is 135 Å². The summed E-state index contributed by atoms with van der Waals surface area (Å²) in [7, 11) is 1.56. The molecule has 10 heteroatoms. The van der Waals surface area contributed by atoms with Crippen LogP contribution in [0.15, 0.2) is 48.8 Å². The number of fused-ring (bicyclic) bond motifs is 1. The molecule has 0 aliphatic carbocycles. The lowest BCUT2D eigenvalue weighted by Crippen LogP contribution is -2.18. The number of imidazole rings is 1. The van der Waals surface area contributed by atoms with Crippen molar-refractivity contribution in [1.82, 2.24) is 24.8 Å². The number of nitriles is 1. The van der Waals surface area contributed by atoms with E-state index in [9.17, 15) is 14.4 Å². The monoisotopic (exact) mass is 430 g/mol. The minimum atomic E-state index is -0.388. The summed E-state index contributed by atoms with van der Waals surface area (Å²) in [5.41, 5.74) is 8.26. The first-order chi connectivity index (χ1) is 15.5. The Morgan fingerprint density at radius 1 is 1.25 bits per heavy atom.